The zero-order valence-corrected chi connectivity index (χ0v) is 8.26. The normalized spacial score (nSPS) is 16.9. The van der Waals surface area contributed by atoms with Crippen molar-refractivity contribution in [3.8, 4) is 0 Å². The van der Waals surface area contributed by atoms with Gasteiger partial charge in [-0.15, -0.1) is 0 Å². The van der Waals surface area contributed by atoms with Crippen molar-refractivity contribution in [3.63, 3.8) is 0 Å². The number of methoxy groups -OCH3 is 2. The van der Waals surface area contributed by atoms with E-state index >= 15 is 0 Å². The molecule has 0 saturated heterocycles. The molecule has 0 aliphatic heterocycles. The van der Waals surface area contributed by atoms with Crippen LogP contribution in [0.4, 0.5) is 0 Å². The third-order valence-electron chi connectivity index (χ3n) is 1.92. The van der Waals surface area contributed by atoms with Gasteiger partial charge >= 0.3 is 0 Å². The summed E-state index contributed by atoms with van der Waals surface area (Å²) in [7, 11) is 3.49. The lowest BCUT2D eigenvalue weighted by molar-refractivity contribution is -0.00559. The highest BCUT2D eigenvalue weighted by molar-refractivity contribution is 4.68. The van der Waals surface area contributed by atoms with Gasteiger partial charge < -0.3 is 9.47 Å². The fourth-order valence-electron chi connectivity index (χ4n) is 1.52. The van der Waals surface area contributed by atoms with Gasteiger partial charge in [-0.1, -0.05) is 20.8 Å². The Bertz CT molecular complexity index is 91.6. The van der Waals surface area contributed by atoms with Crippen LogP contribution in [0.5, 0.6) is 0 Å². The van der Waals surface area contributed by atoms with Gasteiger partial charge in [0.05, 0.1) is 12.7 Å². The molecule has 0 bridgehead atoms. The van der Waals surface area contributed by atoms with Crippen molar-refractivity contribution in [1.29, 1.82) is 0 Å². The summed E-state index contributed by atoms with van der Waals surface area (Å²) in [6.07, 6.45) is 0.315. The SMILES string of the molecule is COCC(C)C(OC)C(C)C. The molecule has 2 nitrogen and oxygen atoms in total. The summed E-state index contributed by atoms with van der Waals surface area (Å²) in [6.45, 7) is 7.26. The molecule has 0 aliphatic carbocycles. The molecule has 0 amide bonds. The first-order valence-electron chi connectivity index (χ1n) is 4.15. The molecule has 11 heavy (non-hydrogen) atoms. The summed E-state index contributed by atoms with van der Waals surface area (Å²) < 4.78 is 10.4. The molecular formula is C9H20O2. The first-order valence-corrected chi connectivity index (χ1v) is 4.15. The van der Waals surface area contributed by atoms with Crippen LogP contribution in [-0.2, 0) is 9.47 Å². The highest BCUT2D eigenvalue weighted by Gasteiger charge is 2.19. The fourth-order valence-corrected chi connectivity index (χ4v) is 1.52. The lowest BCUT2D eigenvalue weighted by Gasteiger charge is -2.25. The quantitative estimate of drug-likeness (QED) is 0.612. The highest BCUT2D eigenvalue weighted by Crippen LogP contribution is 2.15. The number of rotatable bonds is 5. The summed E-state index contributed by atoms with van der Waals surface area (Å²) in [6, 6.07) is 0. The van der Waals surface area contributed by atoms with Gasteiger partial charge in [0.15, 0.2) is 0 Å². The molecule has 0 aromatic carbocycles. The maximum atomic E-state index is 5.35. The van der Waals surface area contributed by atoms with Crippen LogP contribution in [0.2, 0.25) is 0 Å². The van der Waals surface area contributed by atoms with Crippen molar-refractivity contribution in [3.05, 3.63) is 0 Å². The van der Waals surface area contributed by atoms with Gasteiger partial charge in [0, 0.05) is 20.1 Å². The first kappa shape index (κ1) is 10.9. The number of hydrogen-bond acceptors (Lipinski definition) is 2. The van der Waals surface area contributed by atoms with E-state index in [1.54, 1.807) is 14.2 Å². The third kappa shape index (κ3) is 3.73. The van der Waals surface area contributed by atoms with E-state index in [9.17, 15) is 0 Å². The van der Waals surface area contributed by atoms with Crippen LogP contribution >= 0.6 is 0 Å². The van der Waals surface area contributed by atoms with E-state index in [1.807, 2.05) is 0 Å². The van der Waals surface area contributed by atoms with E-state index in [1.165, 1.54) is 0 Å². The van der Waals surface area contributed by atoms with Crippen molar-refractivity contribution in [2.75, 3.05) is 20.8 Å². The summed E-state index contributed by atoms with van der Waals surface area (Å²) in [5.41, 5.74) is 0. The molecule has 0 aliphatic rings. The average molecular weight is 160 g/mol. The Morgan fingerprint density at radius 2 is 1.64 bits per heavy atom. The Hall–Kier alpha value is -0.0800. The summed E-state index contributed by atoms with van der Waals surface area (Å²) in [4.78, 5) is 0. The van der Waals surface area contributed by atoms with Crippen molar-refractivity contribution in [2.24, 2.45) is 11.8 Å². The molecule has 0 aromatic heterocycles. The zero-order valence-electron chi connectivity index (χ0n) is 8.26. The van der Waals surface area contributed by atoms with Crippen molar-refractivity contribution in [1.82, 2.24) is 0 Å². The smallest absolute Gasteiger partial charge is 0.0641 e. The summed E-state index contributed by atoms with van der Waals surface area (Å²) in [5, 5.41) is 0. The number of ether oxygens (including phenoxy) is 2. The highest BCUT2D eigenvalue weighted by atomic mass is 16.5. The van der Waals surface area contributed by atoms with E-state index in [4.69, 9.17) is 9.47 Å². The minimum Gasteiger partial charge on any atom is -0.384 e. The van der Waals surface area contributed by atoms with Crippen molar-refractivity contribution >= 4 is 0 Å². The van der Waals surface area contributed by atoms with E-state index in [-0.39, 0.29) is 0 Å². The second-order valence-corrected chi connectivity index (χ2v) is 3.38. The molecule has 68 valence electrons. The van der Waals surface area contributed by atoms with Gasteiger partial charge in [-0.3, -0.25) is 0 Å². The monoisotopic (exact) mass is 160 g/mol. The Morgan fingerprint density at radius 1 is 1.09 bits per heavy atom. The standard InChI is InChI=1S/C9H20O2/c1-7(2)9(11-5)8(3)6-10-4/h7-9H,6H2,1-5H3. The summed E-state index contributed by atoms with van der Waals surface area (Å²) >= 11 is 0. The maximum absolute atomic E-state index is 5.35. The molecule has 2 heteroatoms. The Labute approximate surface area is 69.9 Å². The van der Waals surface area contributed by atoms with Crippen LogP contribution in [-0.4, -0.2) is 26.9 Å². The summed E-state index contributed by atoms with van der Waals surface area (Å²) in [5.74, 6) is 1.04. The molecule has 0 heterocycles. The van der Waals surface area contributed by atoms with Gasteiger partial charge in [0.1, 0.15) is 0 Å². The van der Waals surface area contributed by atoms with Crippen LogP contribution in [0.15, 0.2) is 0 Å². The lowest BCUT2D eigenvalue weighted by atomic mass is 9.95. The minimum atomic E-state index is 0.315. The minimum absolute atomic E-state index is 0.315. The fraction of sp³-hybridized carbons (Fsp3) is 1.00. The molecule has 2 unspecified atom stereocenters. The van der Waals surface area contributed by atoms with E-state index in [0.717, 1.165) is 6.61 Å². The van der Waals surface area contributed by atoms with Gasteiger partial charge in [0.25, 0.3) is 0 Å². The van der Waals surface area contributed by atoms with E-state index in [2.05, 4.69) is 20.8 Å². The van der Waals surface area contributed by atoms with Crippen LogP contribution in [0.25, 0.3) is 0 Å². The molecule has 0 fully saturated rings. The van der Waals surface area contributed by atoms with Gasteiger partial charge in [-0.05, 0) is 5.92 Å². The predicted molar refractivity (Wildman–Crippen MR) is 46.7 cm³/mol. The molecular weight excluding hydrogens is 140 g/mol. The molecule has 0 radical (unpaired) electrons. The molecule has 0 rings (SSSR count). The molecule has 0 aromatic rings. The molecule has 0 spiro atoms. The third-order valence-corrected chi connectivity index (χ3v) is 1.92. The molecule has 0 saturated carbocycles. The Kier molecular flexibility index (Phi) is 5.51. The average Bonchev–Trinajstić information content (AvgIpc) is 1.88. The Morgan fingerprint density at radius 3 is 1.91 bits per heavy atom. The van der Waals surface area contributed by atoms with Gasteiger partial charge in [-0.25, -0.2) is 0 Å². The molecule has 0 N–H and O–H groups in total. The van der Waals surface area contributed by atoms with Crippen molar-refractivity contribution in [2.45, 2.75) is 26.9 Å². The van der Waals surface area contributed by atoms with Crippen LogP contribution in [0, 0.1) is 11.8 Å². The lowest BCUT2D eigenvalue weighted by Crippen LogP contribution is -2.29. The maximum Gasteiger partial charge on any atom is 0.0641 e. The second-order valence-electron chi connectivity index (χ2n) is 3.38. The van der Waals surface area contributed by atoms with Crippen LogP contribution in [0.3, 0.4) is 0 Å². The van der Waals surface area contributed by atoms with Gasteiger partial charge in [-0.2, -0.15) is 0 Å². The topological polar surface area (TPSA) is 18.5 Å². The predicted octanol–water partition coefficient (Wildman–Crippen LogP) is 1.94. The van der Waals surface area contributed by atoms with E-state index < -0.39 is 0 Å². The van der Waals surface area contributed by atoms with Crippen LogP contribution < -0.4 is 0 Å². The van der Waals surface area contributed by atoms with Gasteiger partial charge in [0.2, 0.25) is 0 Å². The number of hydrogen-bond donors (Lipinski definition) is 0. The zero-order chi connectivity index (χ0) is 8.85. The van der Waals surface area contributed by atoms with Crippen LogP contribution in [0.1, 0.15) is 20.8 Å². The molecule has 2 atom stereocenters. The second kappa shape index (κ2) is 5.56. The largest absolute Gasteiger partial charge is 0.384 e. The van der Waals surface area contributed by atoms with Crippen molar-refractivity contribution < 1.29 is 9.47 Å². The Balaban J connectivity index is 3.81. The van der Waals surface area contributed by atoms with E-state index in [0.29, 0.717) is 17.9 Å². The first-order chi connectivity index (χ1) is 5.13.